The molecule has 0 saturated carbocycles. The van der Waals surface area contributed by atoms with Gasteiger partial charge in [-0.1, -0.05) is 6.07 Å². The normalized spacial score (nSPS) is 11.2. The third-order valence-electron chi connectivity index (χ3n) is 3.81. The number of hydrogen-bond donors (Lipinski definition) is 2. The van der Waals surface area contributed by atoms with Crippen LogP contribution in [0.25, 0.3) is 0 Å². The van der Waals surface area contributed by atoms with E-state index in [9.17, 15) is 13.2 Å². The van der Waals surface area contributed by atoms with Crippen LogP contribution in [-0.2, 0) is 14.8 Å². The number of amides is 1. The molecule has 6 heteroatoms. The molecule has 1 amide bonds. The summed E-state index contributed by atoms with van der Waals surface area (Å²) in [6, 6.07) is 8.75. The van der Waals surface area contributed by atoms with Crippen LogP contribution in [0.3, 0.4) is 0 Å². The second kappa shape index (κ2) is 6.65. The van der Waals surface area contributed by atoms with E-state index in [2.05, 4.69) is 10.0 Å². The molecule has 0 fully saturated rings. The Morgan fingerprint density at radius 2 is 1.38 bits per heavy atom. The largest absolute Gasteiger partial charge is 0.326 e. The van der Waals surface area contributed by atoms with E-state index in [1.807, 2.05) is 26.0 Å². The van der Waals surface area contributed by atoms with Crippen LogP contribution >= 0.6 is 0 Å². The maximum absolute atomic E-state index is 12.8. The Morgan fingerprint density at radius 3 is 1.88 bits per heavy atom. The van der Waals surface area contributed by atoms with Crippen LogP contribution < -0.4 is 10.0 Å². The molecular formula is C18H22N2O3S. The molecule has 0 aliphatic heterocycles. The van der Waals surface area contributed by atoms with Crippen molar-refractivity contribution in [3.63, 3.8) is 0 Å². The number of carbonyl (C=O) groups is 1. The maximum atomic E-state index is 12.8. The first-order valence-corrected chi connectivity index (χ1v) is 9.07. The Labute approximate surface area is 143 Å². The van der Waals surface area contributed by atoms with Crippen LogP contribution in [0, 0.1) is 27.7 Å². The maximum Gasteiger partial charge on any atom is 0.262 e. The molecule has 0 aromatic heterocycles. The Morgan fingerprint density at radius 1 is 0.833 bits per heavy atom. The van der Waals surface area contributed by atoms with Crippen molar-refractivity contribution in [2.75, 3.05) is 10.0 Å². The number of rotatable bonds is 4. The molecule has 128 valence electrons. The zero-order chi connectivity index (χ0) is 18.1. The lowest BCUT2D eigenvalue weighted by molar-refractivity contribution is -0.114. The molecule has 0 aliphatic carbocycles. The predicted molar refractivity (Wildman–Crippen MR) is 96.9 cm³/mol. The highest BCUT2D eigenvalue weighted by atomic mass is 32.2. The average Bonchev–Trinajstić information content (AvgIpc) is 2.40. The first kappa shape index (κ1) is 18.0. The minimum atomic E-state index is -3.71. The van der Waals surface area contributed by atoms with Gasteiger partial charge in [0.15, 0.2) is 0 Å². The zero-order valence-corrected chi connectivity index (χ0v) is 15.3. The van der Waals surface area contributed by atoms with Gasteiger partial charge in [0.05, 0.1) is 4.90 Å². The number of aryl methyl sites for hydroxylation is 4. The molecule has 2 rings (SSSR count). The van der Waals surface area contributed by atoms with Gasteiger partial charge in [-0.05, 0) is 74.2 Å². The van der Waals surface area contributed by atoms with Gasteiger partial charge in [-0.2, -0.15) is 0 Å². The van der Waals surface area contributed by atoms with Gasteiger partial charge >= 0.3 is 0 Å². The highest BCUT2D eigenvalue weighted by molar-refractivity contribution is 7.92. The predicted octanol–water partition coefficient (Wildman–Crippen LogP) is 3.68. The van der Waals surface area contributed by atoms with E-state index in [1.165, 1.54) is 6.92 Å². The fourth-order valence-corrected chi connectivity index (χ4v) is 4.17. The number of benzene rings is 2. The summed E-state index contributed by atoms with van der Waals surface area (Å²) >= 11 is 0. The topological polar surface area (TPSA) is 75.3 Å². The summed E-state index contributed by atoms with van der Waals surface area (Å²) < 4.78 is 28.2. The van der Waals surface area contributed by atoms with Crippen molar-refractivity contribution >= 4 is 27.3 Å². The second-order valence-corrected chi connectivity index (χ2v) is 7.64. The van der Waals surface area contributed by atoms with Gasteiger partial charge in [0.25, 0.3) is 10.0 Å². The molecule has 2 N–H and O–H groups in total. The zero-order valence-electron chi connectivity index (χ0n) is 14.5. The number of sulfonamides is 1. The average molecular weight is 346 g/mol. The fraction of sp³-hybridized carbons (Fsp3) is 0.278. The number of anilines is 2. The van der Waals surface area contributed by atoms with Crippen LogP contribution in [-0.4, -0.2) is 14.3 Å². The van der Waals surface area contributed by atoms with Crippen molar-refractivity contribution in [1.29, 1.82) is 0 Å². The van der Waals surface area contributed by atoms with Crippen LogP contribution in [0.15, 0.2) is 35.2 Å². The minimum Gasteiger partial charge on any atom is -0.326 e. The van der Waals surface area contributed by atoms with Gasteiger partial charge in [0.2, 0.25) is 5.91 Å². The Balaban J connectivity index is 2.41. The summed E-state index contributed by atoms with van der Waals surface area (Å²) in [6.07, 6.45) is 0. The first-order chi connectivity index (χ1) is 11.1. The van der Waals surface area contributed by atoms with Crippen LogP contribution in [0.4, 0.5) is 11.4 Å². The van der Waals surface area contributed by atoms with Crippen molar-refractivity contribution in [3.05, 3.63) is 52.6 Å². The van der Waals surface area contributed by atoms with E-state index in [-0.39, 0.29) is 10.8 Å². The molecule has 2 aromatic carbocycles. The van der Waals surface area contributed by atoms with E-state index in [0.29, 0.717) is 22.5 Å². The van der Waals surface area contributed by atoms with Gasteiger partial charge in [-0.25, -0.2) is 8.42 Å². The molecule has 0 spiro atoms. The molecule has 0 aliphatic rings. The quantitative estimate of drug-likeness (QED) is 0.887. The summed E-state index contributed by atoms with van der Waals surface area (Å²) in [5.41, 5.74) is 4.39. The minimum absolute atomic E-state index is 0.197. The van der Waals surface area contributed by atoms with Gasteiger partial charge in [-0.3, -0.25) is 9.52 Å². The standard InChI is InChI=1S/C18H22N2O3S/c1-11-6-7-16(8-12(11)2)20-24(22,23)18-13(3)9-17(10-14(18)4)19-15(5)21/h6-10,20H,1-5H3,(H,19,21). The van der Waals surface area contributed by atoms with E-state index in [0.717, 1.165) is 11.1 Å². The van der Waals surface area contributed by atoms with E-state index >= 15 is 0 Å². The molecule has 0 atom stereocenters. The number of hydrogen-bond acceptors (Lipinski definition) is 3. The van der Waals surface area contributed by atoms with Gasteiger partial charge in [0.1, 0.15) is 0 Å². The highest BCUT2D eigenvalue weighted by Gasteiger charge is 2.20. The number of nitrogens with one attached hydrogen (secondary N) is 2. The molecule has 0 heterocycles. The summed E-state index contributed by atoms with van der Waals surface area (Å²) in [5.74, 6) is -0.197. The Hall–Kier alpha value is -2.34. The van der Waals surface area contributed by atoms with Crippen molar-refractivity contribution < 1.29 is 13.2 Å². The third-order valence-corrected chi connectivity index (χ3v) is 5.49. The molecule has 0 saturated heterocycles. The molecule has 0 bridgehead atoms. The SMILES string of the molecule is CC(=O)Nc1cc(C)c(S(=O)(=O)Nc2ccc(C)c(C)c2)c(C)c1. The van der Waals surface area contributed by atoms with E-state index in [1.54, 1.807) is 32.0 Å². The number of carbonyl (C=O) groups excluding carboxylic acids is 1. The van der Waals surface area contributed by atoms with Crippen molar-refractivity contribution in [3.8, 4) is 0 Å². The Kier molecular flexibility index (Phi) is 4.99. The lowest BCUT2D eigenvalue weighted by Crippen LogP contribution is -2.16. The smallest absolute Gasteiger partial charge is 0.262 e. The summed E-state index contributed by atoms with van der Waals surface area (Å²) in [4.78, 5) is 11.4. The van der Waals surface area contributed by atoms with Crippen molar-refractivity contribution in [2.45, 2.75) is 39.5 Å². The summed E-state index contributed by atoms with van der Waals surface area (Å²) in [5, 5.41) is 2.67. The van der Waals surface area contributed by atoms with Crippen LogP contribution in [0.1, 0.15) is 29.2 Å². The molecule has 5 nitrogen and oxygen atoms in total. The van der Waals surface area contributed by atoms with Crippen LogP contribution in [0.5, 0.6) is 0 Å². The second-order valence-electron chi connectivity index (χ2n) is 6.02. The lowest BCUT2D eigenvalue weighted by Gasteiger charge is -2.15. The fourth-order valence-electron chi connectivity index (χ4n) is 2.66. The van der Waals surface area contributed by atoms with Crippen molar-refractivity contribution in [1.82, 2.24) is 0 Å². The first-order valence-electron chi connectivity index (χ1n) is 7.59. The van der Waals surface area contributed by atoms with Crippen molar-refractivity contribution in [2.24, 2.45) is 0 Å². The third kappa shape index (κ3) is 3.94. The van der Waals surface area contributed by atoms with E-state index in [4.69, 9.17) is 0 Å². The molecule has 0 radical (unpaired) electrons. The molecule has 2 aromatic rings. The van der Waals surface area contributed by atoms with Gasteiger partial charge in [-0.15, -0.1) is 0 Å². The van der Waals surface area contributed by atoms with Gasteiger partial charge in [0, 0.05) is 18.3 Å². The lowest BCUT2D eigenvalue weighted by atomic mass is 10.1. The molecule has 24 heavy (non-hydrogen) atoms. The highest BCUT2D eigenvalue weighted by Crippen LogP contribution is 2.27. The van der Waals surface area contributed by atoms with Gasteiger partial charge < -0.3 is 5.32 Å². The molecular weight excluding hydrogens is 324 g/mol. The summed E-state index contributed by atoms with van der Waals surface area (Å²) in [7, 11) is -3.71. The van der Waals surface area contributed by atoms with E-state index < -0.39 is 10.0 Å². The summed E-state index contributed by atoms with van der Waals surface area (Å²) in [6.45, 7) is 8.76. The molecule has 0 unspecified atom stereocenters. The Bertz CT molecular complexity index is 879. The van der Waals surface area contributed by atoms with Crippen LogP contribution in [0.2, 0.25) is 0 Å². The monoisotopic (exact) mass is 346 g/mol.